The van der Waals surface area contributed by atoms with Crippen LogP contribution in [-0.2, 0) is 4.74 Å². The third-order valence-electron chi connectivity index (χ3n) is 3.36. The molecule has 1 saturated heterocycles. The number of halogens is 1. The van der Waals surface area contributed by atoms with E-state index in [0.29, 0.717) is 6.61 Å². The summed E-state index contributed by atoms with van der Waals surface area (Å²) in [6, 6.07) is 9.30. The maximum Gasteiger partial charge on any atom is 0.115 e. The van der Waals surface area contributed by atoms with E-state index in [1.807, 2.05) is 18.3 Å². The molecule has 2 aromatic rings. The van der Waals surface area contributed by atoms with Gasteiger partial charge in [-0.1, -0.05) is 12.1 Å². The fourth-order valence-electron chi connectivity index (χ4n) is 2.38. The Labute approximate surface area is 126 Å². The van der Waals surface area contributed by atoms with Crippen molar-refractivity contribution < 1.29 is 9.84 Å². The molecule has 104 valence electrons. The van der Waals surface area contributed by atoms with Gasteiger partial charge in [-0.3, -0.25) is 4.98 Å². The monoisotopic (exact) mass is 334 g/mol. The normalized spacial score (nSPS) is 19.1. The summed E-state index contributed by atoms with van der Waals surface area (Å²) in [5, 5.41) is 9.58. The van der Waals surface area contributed by atoms with E-state index >= 15 is 0 Å². The summed E-state index contributed by atoms with van der Waals surface area (Å²) < 4.78 is 6.78. The molecule has 20 heavy (non-hydrogen) atoms. The Morgan fingerprint density at radius 3 is 3.00 bits per heavy atom. The average Bonchev–Trinajstić information content (AvgIpc) is 2.47. The Kier molecular flexibility index (Phi) is 3.89. The molecule has 2 heterocycles. The van der Waals surface area contributed by atoms with Crippen molar-refractivity contribution in [2.24, 2.45) is 0 Å². The summed E-state index contributed by atoms with van der Waals surface area (Å²) in [5.41, 5.74) is 2.07. The molecule has 0 bridgehead atoms. The zero-order valence-corrected chi connectivity index (χ0v) is 12.5. The van der Waals surface area contributed by atoms with Crippen LogP contribution < -0.4 is 4.90 Å². The Balaban J connectivity index is 1.80. The Morgan fingerprint density at radius 2 is 2.20 bits per heavy atom. The average molecular weight is 335 g/mol. The van der Waals surface area contributed by atoms with Crippen LogP contribution in [0.3, 0.4) is 0 Å². The smallest absolute Gasteiger partial charge is 0.115 e. The van der Waals surface area contributed by atoms with E-state index in [9.17, 15) is 5.11 Å². The number of phenolic OH excluding ortho intramolecular Hbond substituents is 1. The lowest BCUT2D eigenvalue weighted by Crippen LogP contribution is -2.38. The molecular formula is C15H15BrN2O2. The van der Waals surface area contributed by atoms with Crippen molar-refractivity contribution in [1.82, 2.24) is 4.98 Å². The molecule has 4 nitrogen and oxygen atoms in total. The summed E-state index contributed by atoms with van der Waals surface area (Å²) in [6.45, 7) is 2.25. The molecule has 1 N–H and O–H groups in total. The number of anilines is 1. The van der Waals surface area contributed by atoms with Gasteiger partial charge in [0.15, 0.2) is 0 Å². The Bertz CT molecular complexity index is 554. The van der Waals surface area contributed by atoms with Gasteiger partial charge in [0, 0.05) is 23.8 Å². The first-order valence-electron chi connectivity index (χ1n) is 6.48. The maximum absolute atomic E-state index is 9.58. The molecule has 0 saturated carbocycles. The number of aromatic nitrogens is 1. The number of aromatic hydroxyl groups is 1. The highest BCUT2D eigenvalue weighted by atomic mass is 79.9. The quantitative estimate of drug-likeness (QED) is 0.916. The van der Waals surface area contributed by atoms with E-state index < -0.39 is 0 Å². The molecule has 1 unspecified atom stereocenters. The molecule has 3 rings (SSSR count). The van der Waals surface area contributed by atoms with Crippen molar-refractivity contribution >= 4 is 21.6 Å². The third-order valence-corrected chi connectivity index (χ3v) is 3.80. The molecule has 0 amide bonds. The molecule has 0 radical (unpaired) electrons. The van der Waals surface area contributed by atoms with Crippen molar-refractivity contribution in [1.29, 1.82) is 0 Å². The van der Waals surface area contributed by atoms with Gasteiger partial charge in [-0.25, -0.2) is 0 Å². The van der Waals surface area contributed by atoms with Gasteiger partial charge in [0.2, 0.25) is 0 Å². The lowest BCUT2D eigenvalue weighted by molar-refractivity contribution is 0.0396. The summed E-state index contributed by atoms with van der Waals surface area (Å²) in [7, 11) is 0. The lowest BCUT2D eigenvalue weighted by atomic mass is 10.1. The largest absolute Gasteiger partial charge is 0.508 e. The number of hydrogen-bond acceptors (Lipinski definition) is 4. The van der Waals surface area contributed by atoms with Gasteiger partial charge in [0.05, 0.1) is 18.5 Å². The van der Waals surface area contributed by atoms with Crippen molar-refractivity contribution in [2.75, 3.05) is 24.6 Å². The van der Waals surface area contributed by atoms with Gasteiger partial charge in [-0.15, -0.1) is 0 Å². The predicted molar refractivity (Wildman–Crippen MR) is 80.9 cm³/mol. The molecule has 1 atom stereocenters. The number of hydrogen-bond donors (Lipinski definition) is 1. The highest BCUT2D eigenvalue weighted by Gasteiger charge is 2.22. The van der Waals surface area contributed by atoms with Crippen LogP contribution >= 0.6 is 15.9 Å². The van der Waals surface area contributed by atoms with Gasteiger partial charge < -0.3 is 14.7 Å². The molecule has 1 aliphatic heterocycles. The number of nitrogens with zero attached hydrogens (tertiary/aromatic N) is 2. The van der Waals surface area contributed by atoms with Crippen molar-refractivity contribution in [2.45, 2.75) is 6.10 Å². The maximum atomic E-state index is 9.58. The molecule has 1 aromatic carbocycles. The first-order valence-corrected chi connectivity index (χ1v) is 7.28. The summed E-state index contributed by atoms with van der Waals surface area (Å²) in [5.74, 6) is 0.271. The fraction of sp³-hybridized carbons (Fsp3) is 0.267. The second kappa shape index (κ2) is 5.81. The summed E-state index contributed by atoms with van der Waals surface area (Å²) in [4.78, 5) is 6.45. The van der Waals surface area contributed by atoms with Gasteiger partial charge in [0.25, 0.3) is 0 Å². The second-order valence-electron chi connectivity index (χ2n) is 4.76. The Hall–Kier alpha value is -1.59. The number of phenols is 1. The molecule has 0 spiro atoms. The van der Waals surface area contributed by atoms with Gasteiger partial charge >= 0.3 is 0 Å². The molecule has 1 aliphatic rings. The number of morpholine rings is 1. The van der Waals surface area contributed by atoms with Crippen LogP contribution in [0.5, 0.6) is 5.75 Å². The van der Waals surface area contributed by atoms with E-state index in [4.69, 9.17) is 4.74 Å². The van der Waals surface area contributed by atoms with Crippen LogP contribution in [0, 0.1) is 0 Å². The molecule has 0 aliphatic carbocycles. The highest BCUT2D eigenvalue weighted by Crippen LogP contribution is 2.28. The Morgan fingerprint density at radius 1 is 1.30 bits per heavy atom. The second-order valence-corrected chi connectivity index (χ2v) is 5.68. The van der Waals surface area contributed by atoms with Gasteiger partial charge in [0.1, 0.15) is 11.9 Å². The molecule has 5 heteroatoms. The highest BCUT2D eigenvalue weighted by molar-refractivity contribution is 9.10. The minimum atomic E-state index is -0.0326. The summed E-state index contributed by atoms with van der Waals surface area (Å²) in [6.07, 6.45) is 3.60. The molecule has 1 aromatic heterocycles. The first-order chi connectivity index (χ1) is 9.72. The van der Waals surface area contributed by atoms with Crippen LogP contribution in [0.15, 0.2) is 47.2 Å². The van der Waals surface area contributed by atoms with E-state index in [1.165, 1.54) is 0 Å². The fourth-order valence-corrected chi connectivity index (χ4v) is 2.74. The van der Waals surface area contributed by atoms with Crippen LogP contribution in [0.2, 0.25) is 0 Å². The minimum absolute atomic E-state index is 0.0326. The number of ether oxygens (including phenoxy) is 1. The van der Waals surface area contributed by atoms with Gasteiger partial charge in [-0.05, 0) is 39.7 Å². The van der Waals surface area contributed by atoms with E-state index in [0.717, 1.165) is 28.8 Å². The van der Waals surface area contributed by atoms with Crippen LogP contribution in [-0.4, -0.2) is 29.8 Å². The SMILES string of the molecule is Oc1cccc(C2CN(c3cncc(Br)c3)CCO2)c1. The van der Waals surface area contributed by atoms with E-state index in [-0.39, 0.29) is 11.9 Å². The zero-order chi connectivity index (χ0) is 13.9. The van der Waals surface area contributed by atoms with Crippen molar-refractivity contribution in [3.05, 3.63) is 52.8 Å². The lowest BCUT2D eigenvalue weighted by Gasteiger charge is -2.34. The summed E-state index contributed by atoms with van der Waals surface area (Å²) >= 11 is 3.44. The van der Waals surface area contributed by atoms with Crippen LogP contribution in [0.1, 0.15) is 11.7 Å². The first kappa shape index (κ1) is 13.4. The third kappa shape index (κ3) is 2.94. The number of benzene rings is 1. The molecular weight excluding hydrogens is 320 g/mol. The standard InChI is InChI=1S/C15H15BrN2O2/c16-12-7-13(9-17-8-12)18-4-5-20-15(10-18)11-2-1-3-14(19)6-11/h1-3,6-9,15,19H,4-5,10H2. The minimum Gasteiger partial charge on any atom is -0.508 e. The number of rotatable bonds is 2. The van der Waals surface area contributed by atoms with Gasteiger partial charge in [-0.2, -0.15) is 0 Å². The van der Waals surface area contributed by atoms with E-state index in [2.05, 4.69) is 31.9 Å². The zero-order valence-electron chi connectivity index (χ0n) is 10.9. The molecule has 1 fully saturated rings. The van der Waals surface area contributed by atoms with Crippen molar-refractivity contribution in [3.63, 3.8) is 0 Å². The van der Waals surface area contributed by atoms with Crippen molar-refractivity contribution in [3.8, 4) is 5.75 Å². The topological polar surface area (TPSA) is 45.6 Å². The van der Waals surface area contributed by atoms with Crippen LogP contribution in [0.25, 0.3) is 0 Å². The number of pyridine rings is 1. The predicted octanol–water partition coefficient (Wildman–Crippen LogP) is 3.13. The van der Waals surface area contributed by atoms with E-state index in [1.54, 1.807) is 18.3 Å². The van der Waals surface area contributed by atoms with Crippen LogP contribution in [0.4, 0.5) is 5.69 Å².